The molecule has 1 N–H and O–H groups in total. The summed E-state index contributed by atoms with van der Waals surface area (Å²) in [5.74, 6) is -2.88. The van der Waals surface area contributed by atoms with Crippen molar-refractivity contribution < 1.29 is 23.9 Å². The van der Waals surface area contributed by atoms with Gasteiger partial charge in [-0.1, -0.05) is 43.6 Å². The van der Waals surface area contributed by atoms with Gasteiger partial charge in [-0.2, -0.15) is 0 Å². The molecule has 0 radical (unpaired) electrons. The summed E-state index contributed by atoms with van der Waals surface area (Å²) in [4.78, 5) is 51.3. The first kappa shape index (κ1) is 21.5. The zero-order valence-corrected chi connectivity index (χ0v) is 17.5. The van der Waals surface area contributed by atoms with Crippen molar-refractivity contribution in [3.8, 4) is 0 Å². The van der Waals surface area contributed by atoms with Gasteiger partial charge in [0, 0.05) is 10.7 Å². The third kappa shape index (κ3) is 4.07. The lowest BCUT2D eigenvalue weighted by atomic mass is 10.0. The molecule has 8 heteroatoms. The van der Waals surface area contributed by atoms with Crippen molar-refractivity contribution in [2.45, 2.75) is 26.8 Å². The molecule has 0 saturated carbocycles. The Morgan fingerprint density at radius 2 is 1.63 bits per heavy atom. The van der Waals surface area contributed by atoms with Crippen molar-refractivity contribution in [1.82, 2.24) is 4.90 Å². The van der Waals surface area contributed by atoms with E-state index in [0.29, 0.717) is 16.3 Å². The van der Waals surface area contributed by atoms with Crippen LogP contribution in [0.4, 0.5) is 5.69 Å². The molecule has 2 aromatic rings. The topological polar surface area (TPSA) is 92.8 Å². The molecule has 30 heavy (non-hydrogen) atoms. The number of esters is 1. The highest BCUT2D eigenvalue weighted by Crippen LogP contribution is 2.28. The van der Waals surface area contributed by atoms with Crippen molar-refractivity contribution in [2.24, 2.45) is 5.92 Å². The maximum absolute atomic E-state index is 12.7. The molecule has 1 atom stereocenters. The van der Waals surface area contributed by atoms with Crippen molar-refractivity contribution in [3.63, 3.8) is 0 Å². The number of carbonyl (C=O) groups excluding carboxylic acids is 4. The Bertz CT molecular complexity index is 999. The van der Waals surface area contributed by atoms with Gasteiger partial charge in [-0.05, 0) is 42.7 Å². The zero-order chi connectivity index (χ0) is 22.0. The summed E-state index contributed by atoms with van der Waals surface area (Å²) in [5.41, 5.74) is 1.68. The van der Waals surface area contributed by atoms with E-state index >= 15 is 0 Å². The lowest BCUT2D eigenvalue weighted by Gasteiger charge is -2.27. The molecule has 1 aliphatic rings. The smallest absolute Gasteiger partial charge is 0.330 e. The molecular weight excluding hydrogens is 408 g/mol. The van der Waals surface area contributed by atoms with E-state index in [0.717, 1.165) is 4.90 Å². The molecule has 156 valence electrons. The number of carbonyl (C=O) groups is 4. The highest BCUT2D eigenvalue weighted by Gasteiger charge is 2.44. The quantitative estimate of drug-likeness (QED) is 0.562. The van der Waals surface area contributed by atoms with Crippen molar-refractivity contribution in [1.29, 1.82) is 0 Å². The van der Waals surface area contributed by atoms with Crippen LogP contribution < -0.4 is 5.32 Å². The molecular formula is C22H21ClN2O5. The molecule has 0 saturated heterocycles. The second-order valence-electron chi connectivity index (χ2n) is 7.28. The molecule has 1 unspecified atom stereocenters. The Balaban J connectivity index is 1.70. The van der Waals surface area contributed by atoms with Crippen LogP contribution in [0.25, 0.3) is 0 Å². The Morgan fingerprint density at radius 1 is 1.03 bits per heavy atom. The van der Waals surface area contributed by atoms with Crippen molar-refractivity contribution in [3.05, 3.63) is 64.2 Å². The molecule has 2 aromatic carbocycles. The van der Waals surface area contributed by atoms with Crippen LogP contribution in [0.1, 0.15) is 40.1 Å². The van der Waals surface area contributed by atoms with Crippen LogP contribution in [-0.2, 0) is 14.3 Å². The molecule has 1 heterocycles. The van der Waals surface area contributed by atoms with Crippen molar-refractivity contribution >= 4 is 41.0 Å². The number of fused-ring (bicyclic) bond motifs is 1. The molecule has 1 aliphatic heterocycles. The number of amides is 3. The molecule has 0 aliphatic carbocycles. The normalized spacial score (nSPS) is 14.0. The molecule has 7 nitrogen and oxygen atoms in total. The number of hydrogen-bond donors (Lipinski definition) is 1. The van der Waals surface area contributed by atoms with Crippen LogP contribution in [0, 0.1) is 12.8 Å². The minimum Gasteiger partial charge on any atom is -0.454 e. The second-order valence-corrected chi connectivity index (χ2v) is 7.69. The fourth-order valence-electron chi connectivity index (χ4n) is 3.29. The number of imide groups is 1. The van der Waals surface area contributed by atoms with Crippen LogP contribution in [0.15, 0.2) is 42.5 Å². The van der Waals surface area contributed by atoms with E-state index in [9.17, 15) is 19.2 Å². The van der Waals surface area contributed by atoms with Gasteiger partial charge in [0.25, 0.3) is 17.7 Å². The maximum atomic E-state index is 12.7. The highest BCUT2D eigenvalue weighted by molar-refractivity contribution is 6.31. The van der Waals surface area contributed by atoms with Crippen LogP contribution >= 0.6 is 11.6 Å². The lowest BCUT2D eigenvalue weighted by Crippen LogP contribution is -2.49. The number of benzene rings is 2. The Kier molecular flexibility index (Phi) is 6.22. The zero-order valence-electron chi connectivity index (χ0n) is 16.8. The summed E-state index contributed by atoms with van der Waals surface area (Å²) < 4.78 is 5.15. The molecule has 0 aromatic heterocycles. The maximum Gasteiger partial charge on any atom is 0.330 e. The van der Waals surface area contributed by atoms with Crippen molar-refractivity contribution in [2.75, 3.05) is 11.9 Å². The number of anilines is 1. The van der Waals surface area contributed by atoms with E-state index in [1.165, 1.54) is 0 Å². The third-order valence-electron chi connectivity index (χ3n) is 4.86. The molecule has 3 rings (SSSR count). The van der Waals surface area contributed by atoms with Crippen LogP contribution in [0.2, 0.25) is 5.02 Å². The van der Waals surface area contributed by atoms with E-state index in [1.54, 1.807) is 63.2 Å². The SMILES string of the molecule is Cc1c(Cl)cccc1NC(=O)COC(=O)C(C(C)C)N1C(=O)c2ccccc2C1=O. The summed E-state index contributed by atoms with van der Waals surface area (Å²) in [6.45, 7) is 4.59. The van der Waals surface area contributed by atoms with Gasteiger partial charge in [-0.15, -0.1) is 0 Å². The number of halogens is 1. The predicted molar refractivity (Wildman–Crippen MR) is 111 cm³/mol. The minimum atomic E-state index is -1.14. The summed E-state index contributed by atoms with van der Waals surface area (Å²) >= 11 is 6.03. The van der Waals surface area contributed by atoms with Gasteiger partial charge < -0.3 is 10.1 Å². The Hall–Kier alpha value is -3.19. The van der Waals surface area contributed by atoms with Crippen LogP contribution in [0.3, 0.4) is 0 Å². The summed E-state index contributed by atoms with van der Waals surface area (Å²) in [6, 6.07) is 10.3. The van der Waals surface area contributed by atoms with Gasteiger partial charge in [0.2, 0.25) is 0 Å². The van der Waals surface area contributed by atoms with E-state index in [-0.39, 0.29) is 11.1 Å². The van der Waals surface area contributed by atoms with E-state index in [4.69, 9.17) is 16.3 Å². The van der Waals surface area contributed by atoms with E-state index in [1.807, 2.05) is 0 Å². The van der Waals surface area contributed by atoms with Gasteiger partial charge >= 0.3 is 5.97 Å². The summed E-state index contributed by atoms with van der Waals surface area (Å²) in [6.07, 6.45) is 0. The Morgan fingerprint density at radius 3 is 2.20 bits per heavy atom. The predicted octanol–water partition coefficient (Wildman–Crippen LogP) is 3.45. The van der Waals surface area contributed by atoms with E-state index in [2.05, 4.69) is 5.32 Å². The standard InChI is InChI=1S/C22H21ClN2O5/c1-12(2)19(25-20(27)14-7-4-5-8-15(14)21(25)28)22(29)30-11-18(26)24-17-10-6-9-16(23)13(17)3/h4-10,12,19H,11H2,1-3H3,(H,24,26). The molecule has 0 spiro atoms. The fourth-order valence-corrected chi connectivity index (χ4v) is 3.46. The highest BCUT2D eigenvalue weighted by atomic mass is 35.5. The van der Waals surface area contributed by atoms with Crippen LogP contribution in [0.5, 0.6) is 0 Å². The lowest BCUT2D eigenvalue weighted by molar-refractivity contribution is -0.152. The third-order valence-corrected chi connectivity index (χ3v) is 5.27. The monoisotopic (exact) mass is 428 g/mol. The minimum absolute atomic E-state index is 0.245. The number of nitrogens with one attached hydrogen (secondary N) is 1. The first-order valence-electron chi connectivity index (χ1n) is 9.41. The Labute approximate surface area is 179 Å². The second kappa shape index (κ2) is 8.67. The average molecular weight is 429 g/mol. The summed E-state index contributed by atoms with van der Waals surface area (Å²) in [5, 5.41) is 3.12. The van der Waals surface area contributed by atoms with Gasteiger partial charge in [0.1, 0.15) is 6.04 Å². The van der Waals surface area contributed by atoms with Crippen LogP contribution in [-0.4, -0.2) is 41.2 Å². The molecule has 0 bridgehead atoms. The van der Waals surface area contributed by atoms with Gasteiger partial charge in [-0.3, -0.25) is 19.3 Å². The van der Waals surface area contributed by atoms with E-state index < -0.39 is 42.3 Å². The van der Waals surface area contributed by atoms with Gasteiger partial charge in [0.15, 0.2) is 6.61 Å². The fraction of sp³-hybridized carbons (Fsp3) is 0.273. The summed E-state index contributed by atoms with van der Waals surface area (Å²) in [7, 11) is 0. The first-order valence-corrected chi connectivity index (χ1v) is 9.78. The first-order chi connectivity index (χ1) is 14.2. The number of rotatable bonds is 6. The molecule has 3 amide bonds. The van der Waals surface area contributed by atoms with Gasteiger partial charge in [0.05, 0.1) is 11.1 Å². The number of nitrogens with zero attached hydrogens (tertiary/aromatic N) is 1. The van der Waals surface area contributed by atoms with Gasteiger partial charge in [-0.25, -0.2) is 4.79 Å². The largest absolute Gasteiger partial charge is 0.454 e. The number of hydrogen-bond acceptors (Lipinski definition) is 5. The molecule has 0 fully saturated rings. The average Bonchev–Trinajstić information content (AvgIpc) is 2.95. The number of ether oxygens (including phenoxy) is 1.